The highest BCUT2D eigenvalue weighted by molar-refractivity contribution is 6.32. The number of methoxy groups -OCH3 is 1. The van der Waals surface area contributed by atoms with Crippen molar-refractivity contribution in [1.82, 2.24) is 4.57 Å². The zero-order chi connectivity index (χ0) is 17.1. The van der Waals surface area contributed by atoms with E-state index >= 15 is 0 Å². The summed E-state index contributed by atoms with van der Waals surface area (Å²) in [4.78, 5) is 11.9. The molecule has 2 aromatic rings. The standard InChI is InChI=1S/C14H10ClF2N3O3/c1-22-13(21)11-10(19)7(5-18)6-20(11)9-4-2-3-8(15)12(9)23-14(16)17/h2-4,6,14H,19H2,1H3. The van der Waals surface area contributed by atoms with Gasteiger partial charge in [-0.15, -0.1) is 0 Å². The summed E-state index contributed by atoms with van der Waals surface area (Å²) < 4.78 is 35.4. The number of alkyl halides is 2. The van der Waals surface area contributed by atoms with Gasteiger partial charge in [-0.3, -0.25) is 0 Å². The molecule has 0 aliphatic heterocycles. The zero-order valence-electron chi connectivity index (χ0n) is 11.7. The van der Waals surface area contributed by atoms with E-state index in [1.165, 1.54) is 24.4 Å². The van der Waals surface area contributed by atoms with Crippen LogP contribution in [0.5, 0.6) is 5.75 Å². The molecule has 9 heteroatoms. The summed E-state index contributed by atoms with van der Waals surface area (Å²) in [6, 6.07) is 6.01. The topological polar surface area (TPSA) is 90.3 Å². The number of para-hydroxylation sites is 1. The Bertz CT molecular complexity index is 799. The maximum absolute atomic E-state index is 12.6. The summed E-state index contributed by atoms with van der Waals surface area (Å²) in [5.41, 5.74) is 5.43. The quantitative estimate of drug-likeness (QED) is 0.863. The number of anilines is 1. The van der Waals surface area contributed by atoms with Crippen molar-refractivity contribution in [1.29, 1.82) is 5.26 Å². The summed E-state index contributed by atoms with van der Waals surface area (Å²) in [5, 5.41) is 8.96. The normalized spacial score (nSPS) is 10.4. The van der Waals surface area contributed by atoms with Crippen molar-refractivity contribution in [2.75, 3.05) is 12.8 Å². The van der Waals surface area contributed by atoms with E-state index in [0.717, 1.165) is 11.7 Å². The van der Waals surface area contributed by atoms with Crippen LogP contribution >= 0.6 is 11.6 Å². The van der Waals surface area contributed by atoms with E-state index in [4.69, 9.17) is 22.6 Å². The van der Waals surface area contributed by atoms with Crippen molar-refractivity contribution in [2.45, 2.75) is 6.61 Å². The lowest BCUT2D eigenvalue weighted by molar-refractivity contribution is -0.0497. The minimum Gasteiger partial charge on any atom is -0.464 e. The van der Waals surface area contributed by atoms with Crippen LogP contribution in [0, 0.1) is 11.3 Å². The largest absolute Gasteiger partial charge is 0.464 e. The van der Waals surface area contributed by atoms with Gasteiger partial charge in [-0.05, 0) is 12.1 Å². The van der Waals surface area contributed by atoms with Crippen LogP contribution in [0.1, 0.15) is 16.1 Å². The van der Waals surface area contributed by atoms with E-state index in [2.05, 4.69) is 9.47 Å². The third kappa shape index (κ3) is 3.05. The molecule has 0 aliphatic rings. The number of aromatic nitrogens is 1. The number of carbonyl (C=O) groups is 1. The molecule has 23 heavy (non-hydrogen) atoms. The maximum Gasteiger partial charge on any atom is 0.387 e. The zero-order valence-corrected chi connectivity index (χ0v) is 12.5. The van der Waals surface area contributed by atoms with E-state index in [1.54, 1.807) is 6.07 Å². The number of nitrogen functional groups attached to an aromatic ring is 1. The van der Waals surface area contributed by atoms with E-state index in [0.29, 0.717) is 0 Å². The molecular weight excluding hydrogens is 332 g/mol. The Morgan fingerprint density at radius 1 is 1.48 bits per heavy atom. The number of carbonyl (C=O) groups excluding carboxylic acids is 1. The van der Waals surface area contributed by atoms with E-state index in [-0.39, 0.29) is 33.4 Å². The first kappa shape index (κ1) is 16.6. The van der Waals surface area contributed by atoms with Crippen LogP contribution in [0.25, 0.3) is 5.69 Å². The summed E-state index contributed by atoms with van der Waals surface area (Å²) in [5.74, 6) is -1.19. The number of hydrogen-bond acceptors (Lipinski definition) is 5. The predicted molar refractivity (Wildman–Crippen MR) is 77.9 cm³/mol. The Morgan fingerprint density at radius 3 is 2.74 bits per heavy atom. The molecule has 120 valence electrons. The van der Waals surface area contributed by atoms with Crippen molar-refractivity contribution in [3.05, 3.63) is 40.7 Å². The van der Waals surface area contributed by atoms with Gasteiger partial charge in [-0.25, -0.2) is 4.79 Å². The fraction of sp³-hybridized carbons (Fsp3) is 0.143. The monoisotopic (exact) mass is 341 g/mol. The maximum atomic E-state index is 12.6. The van der Waals surface area contributed by atoms with Crippen molar-refractivity contribution in [2.24, 2.45) is 0 Å². The second-order valence-electron chi connectivity index (χ2n) is 4.25. The fourth-order valence-corrected chi connectivity index (χ4v) is 2.21. The van der Waals surface area contributed by atoms with Gasteiger partial charge in [-0.2, -0.15) is 14.0 Å². The summed E-state index contributed by atoms with van der Waals surface area (Å²) in [7, 11) is 1.12. The third-order valence-corrected chi connectivity index (χ3v) is 3.25. The first-order valence-electron chi connectivity index (χ1n) is 6.13. The average molecular weight is 342 g/mol. The molecule has 1 aromatic carbocycles. The van der Waals surface area contributed by atoms with Crippen LogP contribution in [-0.4, -0.2) is 24.3 Å². The van der Waals surface area contributed by atoms with Crippen LogP contribution in [0.4, 0.5) is 14.5 Å². The molecule has 2 rings (SSSR count). The van der Waals surface area contributed by atoms with Crippen molar-refractivity contribution < 1.29 is 23.0 Å². The number of nitrogens with two attached hydrogens (primary N) is 1. The Balaban J connectivity index is 2.75. The molecule has 0 spiro atoms. The molecule has 0 amide bonds. The predicted octanol–water partition coefficient (Wildman–Crippen LogP) is 2.97. The Morgan fingerprint density at radius 2 is 2.17 bits per heavy atom. The lowest BCUT2D eigenvalue weighted by Crippen LogP contribution is -2.13. The third-order valence-electron chi connectivity index (χ3n) is 2.96. The van der Waals surface area contributed by atoms with Gasteiger partial charge in [-0.1, -0.05) is 17.7 Å². The van der Waals surface area contributed by atoms with Crippen LogP contribution in [0.15, 0.2) is 24.4 Å². The number of esters is 1. The molecule has 0 aliphatic carbocycles. The summed E-state index contributed by atoms with van der Waals surface area (Å²) >= 11 is 5.89. The number of rotatable bonds is 4. The number of benzene rings is 1. The van der Waals surface area contributed by atoms with Crippen molar-refractivity contribution >= 4 is 23.3 Å². The molecule has 0 saturated heterocycles. The molecule has 0 unspecified atom stereocenters. The van der Waals surface area contributed by atoms with Crippen LogP contribution < -0.4 is 10.5 Å². The minimum atomic E-state index is -3.13. The SMILES string of the molecule is COC(=O)c1c(N)c(C#N)cn1-c1cccc(Cl)c1OC(F)F. The second kappa shape index (κ2) is 6.54. The minimum absolute atomic E-state index is 0.0198. The number of hydrogen-bond donors (Lipinski definition) is 1. The van der Waals surface area contributed by atoms with E-state index in [1.807, 2.05) is 0 Å². The number of nitriles is 1. The highest BCUT2D eigenvalue weighted by Crippen LogP contribution is 2.35. The molecule has 0 fully saturated rings. The highest BCUT2D eigenvalue weighted by Gasteiger charge is 2.25. The molecule has 0 saturated carbocycles. The molecule has 2 N–H and O–H groups in total. The Kier molecular flexibility index (Phi) is 4.71. The number of halogens is 3. The molecule has 1 heterocycles. The van der Waals surface area contributed by atoms with Gasteiger partial charge < -0.3 is 19.8 Å². The summed E-state index contributed by atoms with van der Waals surface area (Å²) in [6.07, 6.45) is 1.21. The highest BCUT2D eigenvalue weighted by atomic mass is 35.5. The van der Waals surface area contributed by atoms with Crippen molar-refractivity contribution in [3.8, 4) is 17.5 Å². The lowest BCUT2D eigenvalue weighted by Gasteiger charge is -2.15. The molecular formula is C14H10ClF2N3O3. The molecule has 0 radical (unpaired) electrons. The van der Waals surface area contributed by atoms with Gasteiger partial charge in [0.25, 0.3) is 0 Å². The first-order valence-corrected chi connectivity index (χ1v) is 6.51. The lowest BCUT2D eigenvalue weighted by atomic mass is 10.2. The van der Waals surface area contributed by atoms with E-state index < -0.39 is 12.6 Å². The van der Waals surface area contributed by atoms with Crippen LogP contribution in [0.2, 0.25) is 5.02 Å². The fourth-order valence-electron chi connectivity index (χ4n) is 2.00. The number of nitrogens with zero attached hydrogens (tertiary/aromatic N) is 2. The van der Waals surface area contributed by atoms with Gasteiger partial charge in [0.2, 0.25) is 0 Å². The Labute approximate surface area is 134 Å². The molecule has 0 bridgehead atoms. The van der Waals surface area contributed by atoms with Gasteiger partial charge in [0.05, 0.1) is 29.1 Å². The number of ether oxygens (including phenoxy) is 2. The smallest absolute Gasteiger partial charge is 0.387 e. The van der Waals surface area contributed by atoms with Gasteiger partial charge in [0, 0.05) is 6.20 Å². The van der Waals surface area contributed by atoms with E-state index in [9.17, 15) is 13.6 Å². The molecule has 6 nitrogen and oxygen atoms in total. The van der Waals surface area contributed by atoms with Gasteiger partial charge in [0.1, 0.15) is 6.07 Å². The first-order chi connectivity index (χ1) is 10.9. The Hall–Kier alpha value is -2.79. The van der Waals surface area contributed by atoms with Crippen LogP contribution in [0.3, 0.4) is 0 Å². The van der Waals surface area contributed by atoms with Gasteiger partial charge >= 0.3 is 12.6 Å². The van der Waals surface area contributed by atoms with Crippen LogP contribution in [-0.2, 0) is 4.74 Å². The summed E-state index contributed by atoms with van der Waals surface area (Å²) in [6.45, 7) is -3.13. The van der Waals surface area contributed by atoms with Gasteiger partial charge in [0.15, 0.2) is 11.4 Å². The average Bonchev–Trinajstić information content (AvgIpc) is 2.84. The van der Waals surface area contributed by atoms with Crippen molar-refractivity contribution in [3.63, 3.8) is 0 Å². The molecule has 0 atom stereocenters. The second-order valence-corrected chi connectivity index (χ2v) is 4.65. The molecule has 1 aromatic heterocycles.